The van der Waals surface area contributed by atoms with Gasteiger partial charge < -0.3 is 5.32 Å². The van der Waals surface area contributed by atoms with Gasteiger partial charge in [-0.3, -0.25) is 4.99 Å². The van der Waals surface area contributed by atoms with Gasteiger partial charge in [0.2, 0.25) is 0 Å². The first-order chi connectivity index (χ1) is 8.52. The van der Waals surface area contributed by atoms with Crippen LogP contribution in [0.25, 0.3) is 0 Å². The van der Waals surface area contributed by atoms with E-state index >= 15 is 0 Å². The molecule has 2 rings (SSSR count). The lowest BCUT2D eigenvalue weighted by Gasteiger charge is -2.07. The Hall–Kier alpha value is -1.03. The number of aliphatic imine (C=N–C) groups is 1. The molecule has 98 valence electrons. The Kier molecular flexibility index (Phi) is 4.27. The van der Waals surface area contributed by atoms with E-state index in [1.54, 1.807) is 11.8 Å². The highest BCUT2D eigenvalue weighted by Gasteiger charge is 2.19. The van der Waals surface area contributed by atoms with Gasteiger partial charge in [-0.15, -0.1) is 0 Å². The summed E-state index contributed by atoms with van der Waals surface area (Å²) < 4.78 is 13.3. The number of anilines is 1. The fourth-order valence-corrected chi connectivity index (χ4v) is 3.06. The van der Waals surface area contributed by atoms with E-state index in [1.807, 2.05) is 13.0 Å². The normalized spacial score (nSPS) is 19.2. The Morgan fingerprint density at radius 1 is 1.44 bits per heavy atom. The first-order valence-electron chi connectivity index (χ1n) is 6.28. The van der Waals surface area contributed by atoms with Gasteiger partial charge in [0.1, 0.15) is 5.82 Å². The van der Waals surface area contributed by atoms with E-state index < -0.39 is 0 Å². The molecule has 1 heterocycles. The standard InChI is InChI=1S/C14H19FN2S/c1-9(2)4-13-8-18-14(17-13)16-12-6-10(3)5-11(15)7-12/h5-7,9,13H,4,8H2,1-3H3,(H,16,17). The minimum Gasteiger partial charge on any atom is -0.335 e. The quantitative estimate of drug-likeness (QED) is 0.892. The van der Waals surface area contributed by atoms with E-state index in [2.05, 4.69) is 24.2 Å². The SMILES string of the molecule is Cc1cc(F)cc(NC2=NC(CC(C)C)CS2)c1. The van der Waals surface area contributed by atoms with Gasteiger partial charge in [0, 0.05) is 11.4 Å². The number of rotatable bonds is 3. The lowest BCUT2D eigenvalue weighted by atomic mass is 10.1. The Bertz CT molecular complexity index is 437. The number of nitrogens with zero attached hydrogens (tertiary/aromatic N) is 1. The van der Waals surface area contributed by atoms with E-state index in [9.17, 15) is 4.39 Å². The molecule has 0 radical (unpaired) electrons. The fraction of sp³-hybridized carbons (Fsp3) is 0.500. The Morgan fingerprint density at radius 3 is 2.89 bits per heavy atom. The number of aryl methyl sites for hydroxylation is 1. The molecule has 1 aliphatic rings. The molecule has 2 nitrogen and oxygen atoms in total. The predicted octanol–water partition coefficient (Wildman–Crippen LogP) is 4.06. The minimum absolute atomic E-state index is 0.208. The van der Waals surface area contributed by atoms with Crippen LogP contribution in [-0.4, -0.2) is 17.0 Å². The zero-order valence-corrected chi connectivity index (χ0v) is 11.9. The second-order valence-corrected chi connectivity index (χ2v) is 6.18. The molecule has 1 atom stereocenters. The van der Waals surface area contributed by atoms with Crippen LogP contribution >= 0.6 is 11.8 Å². The number of benzene rings is 1. The second-order valence-electron chi connectivity index (χ2n) is 5.17. The predicted molar refractivity (Wildman–Crippen MR) is 77.9 cm³/mol. The van der Waals surface area contributed by atoms with Gasteiger partial charge in [-0.1, -0.05) is 25.6 Å². The molecule has 1 unspecified atom stereocenters. The van der Waals surface area contributed by atoms with Gasteiger partial charge in [0.25, 0.3) is 0 Å². The molecular weight excluding hydrogens is 247 g/mol. The van der Waals surface area contributed by atoms with Crippen LogP contribution in [0.3, 0.4) is 0 Å². The van der Waals surface area contributed by atoms with Crippen molar-refractivity contribution in [2.45, 2.75) is 33.2 Å². The summed E-state index contributed by atoms with van der Waals surface area (Å²) in [5.74, 6) is 1.48. The summed E-state index contributed by atoms with van der Waals surface area (Å²) in [6.07, 6.45) is 1.11. The Balaban J connectivity index is 2.01. The number of hydrogen-bond acceptors (Lipinski definition) is 3. The van der Waals surface area contributed by atoms with Crippen LogP contribution in [0, 0.1) is 18.7 Å². The van der Waals surface area contributed by atoms with Crippen molar-refractivity contribution in [1.29, 1.82) is 0 Å². The van der Waals surface area contributed by atoms with Crippen molar-refractivity contribution in [1.82, 2.24) is 0 Å². The summed E-state index contributed by atoms with van der Waals surface area (Å²) in [5.41, 5.74) is 1.70. The highest BCUT2D eigenvalue weighted by Crippen LogP contribution is 2.24. The van der Waals surface area contributed by atoms with Gasteiger partial charge in [0.15, 0.2) is 5.17 Å². The first kappa shape index (κ1) is 13.4. The van der Waals surface area contributed by atoms with Crippen molar-refractivity contribution >= 4 is 22.6 Å². The average molecular weight is 266 g/mol. The molecule has 0 saturated carbocycles. The first-order valence-corrected chi connectivity index (χ1v) is 7.26. The number of nitrogens with one attached hydrogen (secondary N) is 1. The van der Waals surface area contributed by atoms with Gasteiger partial charge >= 0.3 is 0 Å². The van der Waals surface area contributed by atoms with E-state index in [1.165, 1.54) is 12.1 Å². The lowest BCUT2D eigenvalue weighted by Crippen LogP contribution is -2.08. The molecule has 0 bridgehead atoms. The van der Waals surface area contributed by atoms with Crippen LogP contribution in [-0.2, 0) is 0 Å². The Labute approximate surface area is 112 Å². The van der Waals surface area contributed by atoms with Crippen LogP contribution in [0.15, 0.2) is 23.2 Å². The van der Waals surface area contributed by atoms with Gasteiger partial charge in [0.05, 0.1) is 6.04 Å². The molecule has 0 spiro atoms. The maximum atomic E-state index is 13.3. The molecule has 1 aliphatic heterocycles. The van der Waals surface area contributed by atoms with E-state index in [-0.39, 0.29) is 5.82 Å². The lowest BCUT2D eigenvalue weighted by molar-refractivity contribution is 0.529. The molecule has 0 aromatic heterocycles. The third-order valence-corrected chi connectivity index (χ3v) is 3.78. The zero-order chi connectivity index (χ0) is 13.1. The number of hydrogen-bond donors (Lipinski definition) is 1. The highest BCUT2D eigenvalue weighted by atomic mass is 32.2. The Morgan fingerprint density at radius 2 is 2.22 bits per heavy atom. The van der Waals surface area contributed by atoms with Gasteiger partial charge in [-0.25, -0.2) is 4.39 Å². The molecule has 18 heavy (non-hydrogen) atoms. The highest BCUT2D eigenvalue weighted by molar-refractivity contribution is 8.14. The molecule has 0 saturated heterocycles. The van der Waals surface area contributed by atoms with E-state index in [0.717, 1.165) is 28.6 Å². The summed E-state index contributed by atoms with van der Waals surface area (Å²) in [6.45, 7) is 6.31. The van der Waals surface area contributed by atoms with E-state index in [0.29, 0.717) is 12.0 Å². The van der Waals surface area contributed by atoms with Crippen LogP contribution < -0.4 is 5.32 Å². The number of amidine groups is 1. The maximum Gasteiger partial charge on any atom is 0.161 e. The maximum absolute atomic E-state index is 13.3. The molecule has 0 fully saturated rings. The molecule has 1 N–H and O–H groups in total. The van der Waals surface area contributed by atoms with Crippen molar-refractivity contribution in [3.8, 4) is 0 Å². The largest absolute Gasteiger partial charge is 0.335 e. The summed E-state index contributed by atoms with van der Waals surface area (Å²) >= 11 is 1.72. The summed E-state index contributed by atoms with van der Waals surface area (Å²) in [4.78, 5) is 4.63. The number of thioether (sulfide) groups is 1. The molecule has 0 amide bonds. The summed E-state index contributed by atoms with van der Waals surface area (Å²) in [6, 6.07) is 5.36. The molecule has 1 aromatic carbocycles. The zero-order valence-electron chi connectivity index (χ0n) is 11.0. The minimum atomic E-state index is -0.208. The van der Waals surface area contributed by atoms with Crippen molar-refractivity contribution in [3.63, 3.8) is 0 Å². The topological polar surface area (TPSA) is 24.4 Å². The smallest absolute Gasteiger partial charge is 0.161 e. The third-order valence-electron chi connectivity index (χ3n) is 2.75. The molecule has 0 aliphatic carbocycles. The summed E-state index contributed by atoms with van der Waals surface area (Å²) in [7, 11) is 0. The molecule has 4 heteroatoms. The molecule has 1 aromatic rings. The van der Waals surface area contributed by atoms with Crippen molar-refractivity contribution in [2.75, 3.05) is 11.1 Å². The average Bonchev–Trinajstić information content (AvgIpc) is 2.62. The van der Waals surface area contributed by atoms with Crippen LogP contribution in [0.4, 0.5) is 10.1 Å². The summed E-state index contributed by atoms with van der Waals surface area (Å²) in [5, 5.41) is 4.11. The molecular formula is C14H19FN2S. The van der Waals surface area contributed by atoms with Crippen molar-refractivity contribution in [3.05, 3.63) is 29.6 Å². The van der Waals surface area contributed by atoms with Gasteiger partial charge in [-0.2, -0.15) is 0 Å². The number of halogens is 1. The van der Waals surface area contributed by atoms with Crippen LogP contribution in [0.5, 0.6) is 0 Å². The van der Waals surface area contributed by atoms with Crippen molar-refractivity contribution in [2.24, 2.45) is 10.9 Å². The monoisotopic (exact) mass is 266 g/mol. The van der Waals surface area contributed by atoms with Crippen LogP contribution in [0.1, 0.15) is 25.8 Å². The second kappa shape index (κ2) is 5.74. The van der Waals surface area contributed by atoms with Gasteiger partial charge in [-0.05, 0) is 43.0 Å². The van der Waals surface area contributed by atoms with Crippen molar-refractivity contribution < 1.29 is 4.39 Å². The fourth-order valence-electron chi connectivity index (χ4n) is 2.08. The van der Waals surface area contributed by atoms with E-state index in [4.69, 9.17) is 0 Å². The van der Waals surface area contributed by atoms with Crippen LogP contribution in [0.2, 0.25) is 0 Å². The third kappa shape index (κ3) is 3.73.